The summed E-state index contributed by atoms with van der Waals surface area (Å²) in [6.45, 7) is 2.23. The van der Waals surface area contributed by atoms with Gasteiger partial charge in [0, 0.05) is 10.4 Å². The summed E-state index contributed by atoms with van der Waals surface area (Å²) in [5, 5.41) is 11.0. The Morgan fingerprint density at radius 2 is 2.18 bits per heavy atom. The number of aromatic carboxylic acids is 1. The Morgan fingerprint density at radius 3 is 2.82 bits per heavy atom. The Balaban J connectivity index is 2.16. The van der Waals surface area contributed by atoms with E-state index in [-0.39, 0.29) is 5.56 Å². The second kappa shape index (κ2) is 5.01. The monoisotopic (exact) mass is 248 g/mol. The van der Waals surface area contributed by atoms with E-state index in [1.54, 1.807) is 36.5 Å². The Labute approximate surface area is 103 Å². The van der Waals surface area contributed by atoms with Crippen molar-refractivity contribution >= 4 is 17.3 Å². The Hall–Kier alpha value is -1.81. The van der Waals surface area contributed by atoms with Gasteiger partial charge in [-0.1, -0.05) is 12.1 Å². The second-order valence-corrected chi connectivity index (χ2v) is 4.63. The van der Waals surface area contributed by atoms with Gasteiger partial charge in [-0.05, 0) is 30.5 Å². The molecule has 1 aromatic heterocycles. The molecule has 0 aliphatic heterocycles. The van der Waals surface area contributed by atoms with E-state index in [4.69, 9.17) is 9.84 Å². The van der Waals surface area contributed by atoms with Crippen molar-refractivity contribution in [2.24, 2.45) is 0 Å². The van der Waals surface area contributed by atoms with Gasteiger partial charge in [0.15, 0.2) is 0 Å². The minimum atomic E-state index is -0.927. The highest BCUT2D eigenvalue weighted by molar-refractivity contribution is 7.09. The van der Waals surface area contributed by atoms with Crippen LogP contribution in [0.5, 0.6) is 5.75 Å². The van der Waals surface area contributed by atoms with Gasteiger partial charge in [0.05, 0.1) is 5.56 Å². The fourth-order valence-electron chi connectivity index (χ4n) is 1.55. The first-order valence-corrected chi connectivity index (χ1v) is 6.04. The van der Waals surface area contributed by atoms with Gasteiger partial charge in [0.25, 0.3) is 0 Å². The summed E-state index contributed by atoms with van der Waals surface area (Å²) in [5.41, 5.74) is 0.949. The van der Waals surface area contributed by atoms with Gasteiger partial charge < -0.3 is 9.84 Å². The average molecular weight is 248 g/mol. The van der Waals surface area contributed by atoms with Crippen LogP contribution < -0.4 is 4.74 Å². The van der Waals surface area contributed by atoms with E-state index in [2.05, 4.69) is 0 Å². The molecule has 0 radical (unpaired) electrons. The van der Waals surface area contributed by atoms with E-state index < -0.39 is 5.97 Å². The van der Waals surface area contributed by atoms with E-state index in [9.17, 15) is 4.79 Å². The highest BCUT2D eigenvalue weighted by Gasteiger charge is 2.10. The number of carbonyl (C=O) groups is 1. The number of carboxylic acids is 1. The molecule has 0 aliphatic carbocycles. The molecule has 0 aliphatic rings. The van der Waals surface area contributed by atoms with Crippen LogP contribution in [0.3, 0.4) is 0 Å². The van der Waals surface area contributed by atoms with Crippen LogP contribution in [0.4, 0.5) is 0 Å². The van der Waals surface area contributed by atoms with Gasteiger partial charge in [-0.25, -0.2) is 4.79 Å². The predicted molar refractivity (Wildman–Crippen MR) is 66.8 cm³/mol. The van der Waals surface area contributed by atoms with Crippen LogP contribution in [-0.2, 0) is 6.61 Å². The molecule has 0 saturated carbocycles. The van der Waals surface area contributed by atoms with Crippen molar-refractivity contribution in [2.75, 3.05) is 0 Å². The number of hydrogen-bond donors (Lipinski definition) is 1. The van der Waals surface area contributed by atoms with Crippen molar-refractivity contribution in [3.05, 3.63) is 51.7 Å². The highest BCUT2D eigenvalue weighted by atomic mass is 32.1. The lowest BCUT2D eigenvalue weighted by atomic mass is 10.1. The molecule has 1 aromatic carbocycles. The molecular formula is C13H12O3S. The van der Waals surface area contributed by atoms with Crippen molar-refractivity contribution in [1.29, 1.82) is 0 Å². The van der Waals surface area contributed by atoms with Crippen LogP contribution in [0.25, 0.3) is 0 Å². The molecule has 3 nitrogen and oxygen atoms in total. The molecule has 0 atom stereocenters. The maximum absolute atomic E-state index is 11.0. The van der Waals surface area contributed by atoms with E-state index in [0.29, 0.717) is 17.9 Å². The van der Waals surface area contributed by atoms with Crippen LogP contribution >= 0.6 is 11.3 Å². The number of carboxylic acid groups (broad SMARTS) is 1. The van der Waals surface area contributed by atoms with Crippen LogP contribution in [0, 0.1) is 6.92 Å². The maximum Gasteiger partial charge on any atom is 0.336 e. The van der Waals surface area contributed by atoms with Gasteiger partial charge in [0.1, 0.15) is 12.4 Å². The van der Waals surface area contributed by atoms with Gasteiger partial charge in [-0.15, -0.1) is 11.3 Å². The zero-order valence-electron chi connectivity index (χ0n) is 9.34. The third-order valence-electron chi connectivity index (χ3n) is 2.46. The molecule has 88 valence electrons. The largest absolute Gasteiger partial charge is 0.488 e. The van der Waals surface area contributed by atoms with E-state index in [1.807, 2.05) is 17.5 Å². The SMILES string of the molecule is Cc1c(OCc2cccs2)cccc1C(=O)O. The third kappa shape index (κ3) is 2.65. The summed E-state index contributed by atoms with van der Waals surface area (Å²) in [6.07, 6.45) is 0. The fourth-order valence-corrected chi connectivity index (χ4v) is 2.16. The quantitative estimate of drug-likeness (QED) is 0.902. The Kier molecular flexibility index (Phi) is 3.44. The maximum atomic E-state index is 11.0. The molecule has 0 fully saturated rings. The van der Waals surface area contributed by atoms with E-state index >= 15 is 0 Å². The van der Waals surface area contributed by atoms with Crippen LogP contribution in [0.15, 0.2) is 35.7 Å². The van der Waals surface area contributed by atoms with Crippen molar-refractivity contribution in [1.82, 2.24) is 0 Å². The molecule has 1 N–H and O–H groups in total. The lowest BCUT2D eigenvalue weighted by Gasteiger charge is -2.09. The fraction of sp³-hybridized carbons (Fsp3) is 0.154. The van der Waals surface area contributed by atoms with Crippen molar-refractivity contribution in [2.45, 2.75) is 13.5 Å². The molecule has 17 heavy (non-hydrogen) atoms. The molecular weight excluding hydrogens is 236 g/mol. The molecule has 2 rings (SSSR count). The van der Waals surface area contributed by atoms with E-state index in [1.165, 1.54) is 0 Å². The summed E-state index contributed by atoms with van der Waals surface area (Å²) in [7, 11) is 0. The number of ether oxygens (including phenoxy) is 1. The van der Waals surface area contributed by atoms with Crippen molar-refractivity contribution in [3.63, 3.8) is 0 Å². The molecule has 0 amide bonds. The highest BCUT2D eigenvalue weighted by Crippen LogP contribution is 2.23. The van der Waals surface area contributed by atoms with Crippen LogP contribution in [0.2, 0.25) is 0 Å². The summed E-state index contributed by atoms with van der Waals surface area (Å²) in [4.78, 5) is 12.1. The number of hydrogen-bond acceptors (Lipinski definition) is 3. The number of rotatable bonds is 4. The second-order valence-electron chi connectivity index (χ2n) is 3.60. The molecule has 0 spiro atoms. The van der Waals surface area contributed by atoms with Crippen molar-refractivity contribution in [3.8, 4) is 5.75 Å². The zero-order valence-corrected chi connectivity index (χ0v) is 10.2. The molecule has 0 bridgehead atoms. The van der Waals surface area contributed by atoms with Gasteiger partial charge in [-0.3, -0.25) is 0 Å². The van der Waals surface area contributed by atoms with Crippen LogP contribution in [-0.4, -0.2) is 11.1 Å². The summed E-state index contributed by atoms with van der Waals surface area (Å²) < 4.78 is 5.62. The number of thiophene rings is 1. The molecule has 2 aromatic rings. The standard InChI is InChI=1S/C13H12O3S/c1-9-11(13(14)15)5-2-6-12(9)16-8-10-4-3-7-17-10/h2-7H,8H2,1H3,(H,14,15). The topological polar surface area (TPSA) is 46.5 Å². The normalized spacial score (nSPS) is 10.2. The van der Waals surface area contributed by atoms with Crippen LogP contribution in [0.1, 0.15) is 20.8 Å². The molecule has 1 heterocycles. The Morgan fingerprint density at radius 1 is 1.35 bits per heavy atom. The minimum Gasteiger partial charge on any atom is -0.488 e. The van der Waals surface area contributed by atoms with E-state index in [0.717, 1.165) is 4.88 Å². The Bertz CT molecular complexity index is 517. The molecule has 0 unspecified atom stereocenters. The summed E-state index contributed by atoms with van der Waals surface area (Å²) in [6, 6.07) is 9.01. The summed E-state index contributed by atoms with van der Waals surface area (Å²) >= 11 is 1.62. The first-order valence-electron chi connectivity index (χ1n) is 5.16. The predicted octanol–water partition coefficient (Wildman–Crippen LogP) is 3.33. The lowest BCUT2D eigenvalue weighted by Crippen LogP contribution is -2.02. The third-order valence-corrected chi connectivity index (χ3v) is 3.31. The lowest BCUT2D eigenvalue weighted by molar-refractivity contribution is 0.0695. The summed E-state index contributed by atoms with van der Waals surface area (Å²) in [5.74, 6) is -0.303. The smallest absolute Gasteiger partial charge is 0.336 e. The first kappa shape index (κ1) is 11.7. The van der Waals surface area contributed by atoms with Crippen molar-refractivity contribution < 1.29 is 14.6 Å². The van der Waals surface area contributed by atoms with Gasteiger partial charge in [-0.2, -0.15) is 0 Å². The number of benzene rings is 1. The van der Waals surface area contributed by atoms with Gasteiger partial charge >= 0.3 is 5.97 Å². The average Bonchev–Trinajstić information content (AvgIpc) is 2.80. The zero-order chi connectivity index (χ0) is 12.3. The first-order chi connectivity index (χ1) is 8.18. The van der Waals surface area contributed by atoms with Gasteiger partial charge in [0.2, 0.25) is 0 Å². The molecule has 4 heteroatoms. The molecule has 0 saturated heterocycles. The minimum absolute atomic E-state index is 0.286.